The molecule has 101 heavy (non-hydrogen) atoms. The van der Waals surface area contributed by atoms with Gasteiger partial charge in [-0.05, 0) is 230 Å². The second-order valence-electron chi connectivity index (χ2n) is 37.5. The van der Waals surface area contributed by atoms with E-state index in [0.717, 1.165) is 128 Å². The lowest BCUT2D eigenvalue weighted by Gasteiger charge is -2.32. The Balaban J connectivity index is 0.000000310. The lowest BCUT2D eigenvalue weighted by atomic mass is 9.80. The number of rotatable bonds is 22. The summed E-state index contributed by atoms with van der Waals surface area (Å²) in [4.78, 5) is 36.1. The number of benzene rings is 5. The number of carbonyl (C=O) groups excluding carboxylic acids is 3. The zero-order valence-corrected chi connectivity index (χ0v) is 67.5. The minimum atomic E-state index is -0.450. The fourth-order valence-electron chi connectivity index (χ4n) is 10.7. The Morgan fingerprint density at radius 3 is 1.28 bits per heavy atom. The smallest absolute Gasteiger partial charge is 0.325 e. The molecule has 1 aliphatic heterocycles. The molecule has 0 aromatic heterocycles. The molecule has 2 atom stereocenters. The number of hydrazone groups is 1. The number of allylic oxidation sites excluding steroid dienone is 1. The van der Waals surface area contributed by atoms with Crippen molar-refractivity contribution in [1.82, 2.24) is 5.43 Å². The van der Waals surface area contributed by atoms with Gasteiger partial charge < -0.3 is 40.2 Å². The predicted molar refractivity (Wildman–Crippen MR) is 428 cm³/mol. The highest BCUT2D eigenvalue weighted by Gasteiger charge is 2.30. The topological polar surface area (TPSA) is 161 Å². The summed E-state index contributed by atoms with van der Waals surface area (Å²) in [6, 6.07) is 41.6. The van der Waals surface area contributed by atoms with E-state index in [1.807, 2.05) is 81.4 Å². The highest BCUT2D eigenvalue weighted by atomic mass is 16.5. The zero-order chi connectivity index (χ0) is 75.6. The fourth-order valence-corrected chi connectivity index (χ4v) is 10.7. The summed E-state index contributed by atoms with van der Waals surface area (Å²) in [6.45, 7) is 58.6. The summed E-state index contributed by atoms with van der Waals surface area (Å²) in [5.74, 6) is 0.666. The molecule has 1 aliphatic carbocycles. The van der Waals surface area contributed by atoms with E-state index in [1.54, 1.807) is 0 Å². The zero-order valence-electron chi connectivity index (χ0n) is 67.5. The molecule has 5 N–H and O–H groups in total. The number of anilines is 4. The van der Waals surface area contributed by atoms with Crippen LogP contribution >= 0.6 is 0 Å². The highest BCUT2D eigenvalue weighted by molar-refractivity contribution is 5.91. The summed E-state index contributed by atoms with van der Waals surface area (Å²) < 4.78 is 22.5. The van der Waals surface area contributed by atoms with Crippen molar-refractivity contribution in [3.8, 4) is 5.75 Å². The fraction of sp³-hybridized carbons (Fsp3) is 0.591. The Labute approximate surface area is 613 Å². The van der Waals surface area contributed by atoms with E-state index >= 15 is 0 Å². The molecule has 5 aromatic carbocycles. The molecule has 13 heteroatoms. The van der Waals surface area contributed by atoms with Crippen molar-refractivity contribution >= 4 is 52.1 Å². The van der Waals surface area contributed by atoms with E-state index in [-0.39, 0.29) is 63.5 Å². The first-order chi connectivity index (χ1) is 46.6. The average molecular weight is 1390 g/mol. The largest absolute Gasteiger partial charge is 0.494 e. The van der Waals surface area contributed by atoms with Crippen LogP contribution in [0.5, 0.6) is 5.75 Å². The maximum absolute atomic E-state index is 12.7. The minimum absolute atomic E-state index is 0.0642. The quantitative estimate of drug-likeness (QED) is 0.0330. The van der Waals surface area contributed by atoms with Crippen molar-refractivity contribution in [2.75, 3.05) is 54.1 Å². The van der Waals surface area contributed by atoms with Gasteiger partial charge in [-0.25, -0.2) is 0 Å². The molecule has 5 aromatic rings. The van der Waals surface area contributed by atoms with E-state index in [4.69, 9.17) is 18.9 Å². The number of hydrogen-bond donors (Lipinski definition) is 5. The molecular weight excluding hydrogens is 1250 g/mol. The number of hydrogen-bond acceptors (Lipinski definition) is 13. The molecule has 0 spiro atoms. The number of nitrogens with zero attached hydrogens (tertiary/aromatic N) is 1. The van der Waals surface area contributed by atoms with Gasteiger partial charge in [-0.1, -0.05) is 194 Å². The van der Waals surface area contributed by atoms with Crippen molar-refractivity contribution in [2.24, 2.45) is 54.3 Å². The van der Waals surface area contributed by atoms with Crippen molar-refractivity contribution in [1.29, 1.82) is 0 Å². The molecule has 7 rings (SSSR count). The third-order valence-corrected chi connectivity index (χ3v) is 16.6. The van der Waals surface area contributed by atoms with Crippen LogP contribution in [0.4, 0.5) is 22.7 Å². The Morgan fingerprint density at radius 1 is 0.455 bits per heavy atom. The summed E-state index contributed by atoms with van der Waals surface area (Å²) in [5.41, 5.74) is 18.6. The minimum Gasteiger partial charge on any atom is -0.494 e. The SMILES string of the molecule is CC(C)(C)CCC(=O)OCc1ccc(NCC(C)(C)C)cc1.CC(C)(C)CNc1ccc(CC(C)(C)C)cc1.CC(C)(C)CNc1ccc(COC(=O)C(C)(C)C)cc1.CC1=NNC(c2ccc(OCCC(C)(C)C)cc2)=C2CCCC(OC(=O)CNc3ccc(CC(C)(C)C)cc3)CCC12. The first kappa shape index (κ1) is 86.1. The van der Waals surface area contributed by atoms with Crippen LogP contribution in [0.25, 0.3) is 5.70 Å². The lowest BCUT2D eigenvalue weighted by Crippen LogP contribution is -2.31. The van der Waals surface area contributed by atoms with Crippen molar-refractivity contribution in [3.63, 3.8) is 0 Å². The first-order valence-electron chi connectivity index (χ1n) is 37.3. The third kappa shape index (κ3) is 38.5. The molecule has 0 amide bonds. The standard InChI is InChI=1S/C36H51N3O3.C19H31NO2.C17H27NO2.C16H27N/c1-25-31-20-19-30(42-33(40)24-37-28-15-11-26(12-16-28)23-36(5,6)7)9-8-10-32(31)34(39-38-25)27-13-17-29(18-14-27)41-22-21-35(2,3)4;1-18(2,3)12-11-17(21)22-13-15-7-9-16(10-8-15)20-14-19(4,5)6;1-16(2,3)12-18-14-9-7-13(8-10-14)11-20-15(19)17(4,5)6;1-15(2,3)11-13-7-9-14(10-8-13)17-12-16(4,5)6/h11-18,30-31,37,39H,8-10,19-24H2,1-7H3;7-10,20H,11-14H2,1-6H3;7-10,18H,11-12H2,1-6H3;7-10,17H,11-12H2,1-6H3. The summed E-state index contributed by atoms with van der Waals surface area (Å²) in [6.07, 6.45) is 8.99. The Bertz CT molecular complexity index is 3330. The van der Waals surface area contributed by atoms with Gasteiger partial charge in [0.15, 0.2) is 0 Å². The van der Waals surface area contributed by atoms with E-state index in [0.29, 0.717) is 37.1 Å². The van der Waals surface area contributed by atoms with Crippen molar-refractivity contribution in [3.05, 3.63) is 155 Å². The van der Waals surface area contributed by atoms with E-state index in [2.05, 4.69) is 245 Å². The van der Waals surface area contributed by atoms with Gasteiger partial charge in [-0.3, -0.25) is 19.8 Å². The second-order valence-corrected chi connectivity index (χ2v) is 37.5. The molecule has 560 valence electrons. The lowest BCUT2D eigenvalue weighted by molar-refractivity contribution is -0.154. The van der Waals surface area contributed by atoms with Gasteiger partial charge in [0.2, 0.25) is 0 Å². The van der Waals surface area contributed by atoms with Crippen molar-refractivity contribution < 1.29 is 33.3 Å². The number of nitrogens with one attached hydrogen (secondary N) is 5. The van der Waals surface area contributed by atoms with Crippen LogP contribution in [0.2, 0.25) is 0 Å². The maximum Gasteiger partial charge on any atom is 0.325 e. The van der Waals surface area contributed by atoms with Crippen LogP contribution in [0.1, 0.15) is 252 Å². The summed E-state index contributed by atoms with van der Waals surface area (Å²) in [5, 5.41) is 18.2. The van der Waals surface area contributed by atoms with Crippen LogP contribution in [0.15, 0.2) is 132 Å². The normalized spacial score (nSPS) is 15.3. The Morgan fingerprint density at radius 2 is 0.871 bits per heavy atom. The van der Waals surface area contributed by atoms with Gasteiger partial charge >= 0.3 is 17.9 Å². The van der Waals surface area contributed by atoms with Crippen LogP contribution < -0.4 is 31.4 Å². The number of fused-ring (bicyclic) bond motifs is 1. The molecule has 0 saturated heterocycles. The predicted octanol–water partition coefficient (Wildman–Crippen LogP) is 22.4. The van der Waals surface area contributed by atoms with Crippen molar-refractivity contribution in [2.45, 2.75) is 257 Å². The first-order valence-corrected chi connectivity index (χ1v) is 37.3. The molecule has 2 unspecified atom stereocenters. The molecule has 1 fully saturated rings. The molecule has 1 heterocycles. The number of esters is 3. The monoisotopic (exact) mass is 1390 g/mol. The van der Waals surface area contributed by atoms with Gasteiger partial charge in [0, 0.05) is 60.4 Å². The summed E-state index contributed by atoms with van der Waals surface area (Å²) in [7, 11) is 0. The Hall–Kier alpha value is -7.28. The highest BCUT2D eigenvalue weighted by Crippen LogP contribution is 2.37. The van der Waals surface area contributed by atoms with E-state index in [9.17, 15) is 14.4 Å². The van der Waals surface area contributed by atoms with Crippen LogP contribution in [-0.2, 0) is 54.6 Å². The number of carbonyl (C=O) groups is 3. The van der Waals surface area contributed by atoms with Gasteiger partial charge in [-0.2, -0.15) is 5.10 Å². The molecule has 2 aliphatic rings. The third-order valence-electron chi connectivity index (χ3n) is 16.6. The van der Waals surface area contributed by atoms with Gasteiger partial charge in [0.05, 0.1) is 17.7 Å². The van der Waals surface area contributed by atoms with Gasteiger partial charge in [0.25, 0.3) is 0 Å². The van der Waals surface area contributed by atoms with Crippen LogP contribution in [0, 0.1) is 49.2 Å². The van der Waals surface area contributed by atoms with Gasteiger partial charge in [-0.15, -0.1) is 0 Å². The van der Waals surface area contributed by atoms with E-state index < -0.39 is 5.41 Å². The molecule has 0 bridgehead atoms. The summed E-state index contributed by atoms with van der Waals surface area (Å²) >= 11 is 0. The maximum atomic E-state index is 12.7. The second kappa shape index (κ2) is 38.8. The Kier molecular flexibility index (Phi) is 33.1. The van der Waals surface area contributed by atoms with Gasteiger partial charge in [0.1, 0.15) is 31.6 Å². The molecule has 13 nitrogen and oxygen atoms in total. The van der Waals surface area contributed by atoms with E-state index in [1.165, 1.54) is 22.4 Å². The molecule has 0 radical (unpaired) electrons. The van der Waals surface area contributed by atoms with Crippen LogP contribution in [0.3, 0.4) is 0 Å². The molecular formula is C88H136N6O7. The number of ether oxygens (including phenoxy) is 4. The molecule has 1 saturated carbocycles. The van der Waals surface area contributed by atoms with Crippen LogP contribution in [-0.4, -0.2) is 62.5 Å². The average Bonchev–Trinajstić information content (AvgIpc) is 0.794.